The summed E-state index contributed by atoms with van der Waals surface area (Å²) in [4.78, 5) is 12.3. The third-order valence-electron chi connectivity index (χ3n) is 4.88. The van der Waals surface area contributed by atoms with Crippen molar-refractivity contribution in [2.45, 2.75) is 25.3 Å². The summed E-state index contributed by atoms with van der Waals surface area (Å²) in [5, 5.41) is 12.3. The van der Waals surface area contributed by atoms with Crippen molar-refractivity contribution in [3.63, 3.8) is 0 Å². The highest BCUT2D eigenvalue weighted by molar-refractivity contribution is 5.79. The quantitative estimate of drug-likeness (QED) is 0.853. The summed E-state index contributed by atoms with van der Waals surface area (Å²) in [6, 6.07) is 17.6. The average Bonchev–Trinajstić information content (AvgIpc) is 2.74. The Morgan fingerprint density at radius 1 is 1.15 bits per heavy atom. The van der Waals surface area contributed by atoms with Crippen molar-refractivity contribution in [3.8, 4) is 22.9 Å². The van der Waals surface area contributed by atoms with Crippen LogP contribution in [-0.4, -0.2) is 32.3 Å². The van der Waals surface area contributed by atoms with Gasteiger partial charge in [-0.25, -0.2) is 0 Å². The van der Waals surface area contributed by atoms with E-state index in [0.717, 1.165) is 35.3 Å². The van der Waals surface area contributed by atoms with Gasteiger partial charge >= 0.3 is 0 Å². The van der Waals surface area contributed by atoms with Gasteiger partial charge in [0.25, 0.3) is 0 Å². The monoisotopic (exact) mass is 364 g/mol. The van der Waals surface area contributed by atoms with E-state index in [1.165, 1.54) is 0 Å². The smallest absolute Gasteiger partial charge is 0.224 e. The van der Waals surface area contributed by atoms with E-state index in [0.29, 0.717) is 19.6 Å². The summed E-state index contributed by atoms with van der Waals surface area (Å²) in [6.07, 6.45) is 1.94. The molecular weight excluding hydrogens is 340 g/mol. The predicted molar refractivity (Wildman–Crippen MR) is 103 cm³/mol. The Labute approximate surface area is 159 Å². The largest absolute Gasteiger partial charge is 0.497 e. The molecule has 1 aliphatic rings. The average molecular weight is 364 g/mol. The molecule has 27 heavy (non-hydrogen) atoms. The van der Waals surface area contributed by atoms with Gasteiger partial charge in [-0.15, -0.1) is 0 Å². The minimum Gasteiger partial charge on any atom is -0.497 e. The van der Waals surface area contributed by atoms with Gasteiger partial charge in [-0.3, -0.25) is 4.79 Å². The number of nitrogens with one attached hydrogen (secondary N) is 1. The van der Waals surface area contributed by atoms with Crippen LogP contribution in [0.2, 0.25) is 0 Å². The Hall–Kier alpha value is -2.84. The van der Waals surface area contributed by atoms with E-state index in [-0.39, 0.29) is 11.8 Å². The van der Waals surface area contributed by atoms with E-state index in [1.807, 2.05) is 48.5 Å². The highest BCUT2D eigenvalue weighted by Crippen LogP contribution is 2.23. The van der Waals surface area contributed by atoms with E-state index in [4.69, 9.17) is 9.47 Å². The van der Waals surface area contributed by atoms with E-state index in [9.17, 15) is 10.1 Å². The Morgan fingerprint density at radius 2 is 1.74 bits per heavy atom. The van der Waals surface area contributed by atoms with Crippen molar-refractivity contribution in [2.75, 3.05) is 20.3 Å². The third-order valence-corrected chi connectivity index (χ3v) is 4.88. The Kier molecular flexibility index (Phi) is 6.45. The molecule has 5 heteroatoms. The fourth-order valence-corrected chi connectivity index (χ4v) is 3.23. The molecule has 0 saturated carbocycles. The second-order valence-electron chi connectivity index (χ2n) is 6.71. The lowest BCUT2D eigenvalue weighted by Gasteiger charge is -2.22. The molecule has 3 rings (SSSR count). The molecule has 0 bridgehead atoms. The van der Waals surface area contributed by atoms with Gasteiger partial charge < -0.3 is 14.8 Å². The van der Waals surface area contributed by atoms with Crippen LogP contribution in [0.5, 0.6) is 5.75 Å². The molecular formula is C22H24N2O3. The number of hydrogen-bond donors (Lipinski definition) is 1. The van der Waals surface area contributed by atoms with Crippen molar-refractivity contribution >= 4 is 5.91 Å². The number of benzene rings is 2. The molecule has 1 N–H and O–H groups in total. The molecule has 5 nitrogen and oxygen atoms in total. The van der Waals surface area contributed by atoms with Gasteiger partial charge in [-0.05, 0) is 41.7 Å². The normalized spacial score (nSPS) is 15.6. The lowest BCUT2D eigenvalue weighted by molar-refractivity contribution is -0.128. The fourth-order valence-electron chi connectivity index (χ4n) is 3.23. The number of ether oxygens (including phenoxy) is 2. The molecule has 1 unspecified atom stereocenters. The second kappa shape index (κ2) is 9.20. The Bertz CT molecular complexity index is 788. The Morgan fingerprint density at radius 3 is 2.30 bits per heavy atom. The fraction of sp³-hybridized carbons (Fsp3) is 0.364. The van der Waals surface area contributed by atoms with Crippen LogP contribution in [0.15, 0.2) is 48.5 Å². The topological polar surface area (TPSA) is 71.3 Å². The number of rotatable bonds is 6. The summed E-state index contributed by atoms with van der Waals surface area (Å²) in [5.74, 6) is 0.735. The minimum absolute atomic E-state index is 0.0419. The van der Waals surface area contributed by atoms with Crippen molar-refractivity contribution in [3.05, 3.63) is 54.1 Å². The molecule has 0 spiro atoms. The number of amides is 1. The second-order valence-corrected chi connectivity index (χ2v) is 6.71. The van der Waals surface area contributed by atoms with Crippen molar-refractivity contribution < 1.29 is 14.3 Å². The van der Waals surface area contributed by atoms with Gasteiger partial charge in [-0.1, -0.05) is 36.4 Å². The molecule has 0 aliphatic carbocycles. The highest BCUT2D eigenvalue weighted by Gasteiger charge is 2.23. The van der Waals surface area contributed by atoms with Crippen molar-refractivity contribution in [2.24, 2.45) is 5.92 Å². The van der Waals surface area contributed by atoms with E-state index in [2.05, 4.69) is 11.4 Å². The van der Waals surface area contributed by atoms with Gasteiger partial charge in [0.2, 0.25) is 5.91 Å². The van der Waals surface area contributed by atoms with Crippen LogP contribution in [-0.2, 0) is 16.0 Å². The summed E-state index contributed by atoms with van der Waals surface area (Å²) >= 11 is 0. The Balaban J connectivity index is 1.60. The first kappa shape index (κ1) is 18.9. The lowest BCUT2D eigenvalue weighted by atomic mass is 9.97. The van der Waals surface area contributed by atoms with Crippen LogP contribution in [0.25, 0.3) is 11.1 Å². The molecule has 1 amide bonds. The molecule has 0 radical (unpaired) electrons. The van der Waals surface area contributed by atoms with E-state index >= 15 is 0 Å². The van der Waals surface area contributed by atoms with Crippen LogP contribution < -0.4 is 10.1 Å². The van der Waals surface area contributed by atoms with Crippen molar-refractivity contribution in [1.29, 1.82) is 5.26 Å². The number of nitrogens with zero attached hydrogens (tertiary/aromatic N) is 1. The summed E-state index contributed by atoms with van der Waals surface area (Å²) in [6.45, 7) is 1.23. The lowest BCUT2D eigenvalue weighted by Crippen LogP contribution is -2.41. The number of hydrogen-bond acceptors (Lipinski definition) is 4. The molecule has 1 atom stereocenters. The summed E-state index contributed by atoms with van der Waals surface area (Å²) < 4.78 is 10.5. The molecule has 1 aliphatic heterocycles. The van der Waals surface area contributed by atoms with Crippen LogP contribution >= 0.6 is 0 Å². The molecule has 140 valence electrons. The number of carbonyl (C=O) groups is 1. The van der Waals surface area contributed by atoms with E-state index in [1.54, 1.807) is 7.11 Å². The molecule has 1 saturated heterocycles. The number of methoxy groups -OCH3 is 1. The van der Waals surface area contributed by atoms with Crippen LogP contribution in [0.4, 0.5) is 0 Å². The molecule has 2 aromatic carbocycles. The van der Waals surface area contributed by atoms with Crippen molar-refractivity contribution in [1.82, 2.24) is 5.32 Å². The maximum Gasteiger partial charge on any atom is 0.224 e. The number of carbonyl (C=O) groups excluding carboxylic acids is 1. The predicted octanol–water partition coefficient (Wildman–Crippen LogP) is 3.34. The summed E-state index contributed by atoms with van der Waals surface area (Å²) in [5.41, 5.74) is 3.22. The number of nitriles is 1. The first-order chi connectivity index (χ1) is 13.2. The van der Waals surface area contributed by atoms with Crippen LogP contribution in [0.3, 0.4) is 0 Å². The van der Waals surface area contributed by atoms with Crippen LogP contribution in [0.1, 0.15) is 18.4 Å². The highest BCUT2D eigenvalue weighted by atomic mass is 16.5. The molecule has 2 aromatic rings. The molecule has 1 fully saturated rings. The SMILES string of the molecule is COc1ccc(-c2ccc(CC(C#N)NC(=O)C3CCOCC3)cc2)cc1. The first-order valence-corrected chi connectivity index (χ1v) is 9.20. The van der Waals surface area contributed by atoms with Gasteiger partial charge in [-0.2, -0.15) is 5.26 Å². The third kappa shape index (κ3) is 5.08. The standard InChI is InChI=1S/C22H24N2O3/c1-26-21-8-6-18(7-9-21)17-4-2-16(3-5-17)14-20(15-23)24-22(25)19-10-12-27-13-11-19/h2-9,19-20H,10-14H2,1H3,(H,24,25). The zero-order valence-electron chi connectivity index (χ0n) is 15.5. The maximum absolute atomic E-state index is 12.3. The zero-order valence-corrected chi connectivity index (χ0v) is 15.5. The summed E-state index contributed by atoms with van der Waals surface area (Å²) in [7, 11) is 1.65. The van der Waals surface area contributed by atoms with Crippen LogP contribution in [0, 0.1) is 17.2 Å². The molecule has 0 aromatic heterocycles. The minimum atomic E-state index is -0.521. The molecule has 1 heterocycles. The first-order valence-electron chi connectivity index (χ1n) is 9.20. The van der Waals surface area contributed by atoms with Gasteiger partial charge in [0.1, 0.15) is 11.8 Å². The van der Waals surface area contributed by atoms with Gasteiger partial charge in [0.05, 0.1) is 13.2 Å². The van der Waals surface area contributed by atoms with Gasteiger partial charge in [0, 0.05) is 25.6 Å². The van der Waals surface area contributed by atoms with Gasteiger partial charge in [0.15, 0.2) is 0 Å². The van der Waals surface area contributed by atoms with E-state index < -0.39 is 6.04 Å². The zero-order chi connectivity index (χ0) is 19.1. The maximum atomic E-state index is 12.3.